The molecule has 1 heterocycles. The number of pyridine rings is 1. The lowest BCUT2D eigenvalue weighted by Gasteiger charge is -2.19. The van der Waals surface area contributed by atoms with Crippen molar-refractivity contribution in [2.24, 2.45) is 0 Å². The molecule has 5 heteroatoms. The first kappa shape index (κ1) is 12.8. The molecule has 98 valence electrons. The summed E-state index contributed by atoms with van der Waals surface area (Å²) in [6.45, 7) is 5.41. The largest absolute Gasteiger partial charge is 0.444 e. The molecule has 2 rings (SSSR count). The fourth-order valence-electron chi connectivity index (χ4n) is 1.92. The van der Waals surface area contributed by atoms with E-state index in [1.54, 1.807) is 32.9 Å². The molecule has 1 aliphatic rings. The van der Waals surface area contributed by atoms with Gasteiger partial charge in [0.05, 0.1) is 6.10 Å². The van der Waals surface area contributed by atoms with Gasteiger partial charge >= 0.3 is 6.09 Å². The van der Waals surface area contributed by atoms with E-state index in [0.717, 1.165) is 17.7 Å². The number of carbonyl (C=O) groups excluding carboxylic acids is 1. The van der Waals surface area contributed by atoms with Gasteiger partial charge in [0.25, 0.3) is 0 Å². The Morgan fingerprint density at radius 3 is 2.89 bits per heavy atom. The summed E-state index contributed by atoms with van der Waals surface area (Å²) in [5, 5.41) is 12.2. The molecule has 0 saturated carbocycles. The van der Waals surface area contributed by atoms with Crippen LogP contribution in [-0.4, -0.2) is 21.8 Å². The van der Waals surface area contributed by atoms with Crippen molar-refractivity contribution in [2.45, 2.75) is 45.3 Å². The van der Waals surface area contributed by atoms with Crippen molar-refractivity contribution < 1.29 is 14.6 Å². The van der Waals surface area contributed by atoms with E-state index in [1.807, 2.05) is 0 Å². The molecule has 1 aromatic heterocycles. The lowest BCUT2D eigenvalue weighted by molar-refractivity contribution is 0.0635. The number of aromatic nitrogens is 1. The fraction of sp³-hybridized carbons (Fsp3) is 0.538. The van der Waals surface area contributed by atoms with Gasteiger partial charge in [-0.2, -0.15) is 0 Å². The van der Waals surface area contributed by atoms with Gasteiger partial charge in [-0.15, -0.1) is 0 Å². The summed E-state index contributed by atoms with van der Waals surface area (Å²) in [6.07, 6.45) is 0.482. The predicted octanol–water partition coefficient (Wildman–Crippen LogP) is 2.41. The zero-order chi connectivity index (χ0) is 13.3. The molecule has 18 heavy (non-hydrogen) atoms. The van der Waals surface area contributed by atoms with Crippen LogP contribution in [0.1, 0.15) is 44.6 Å². The molecular weight excluding hydrogens is 232 g/mol. The minimum Gasteiger partial charge on any atom is -0.444 e. The van der Waals surface area contributed by atoms with E-state index in [-0.39, 0.29) is 0 Å². The number of rotatable bonds is 1. The second kappa shape index (κ2) is 4.57. The number of hydrogen-bond acceptors (Lipinski definition) is 4. The fourth-order valence-corrected chi connectivity index (χ4v) is 1.92. The summed E-state index contributed by atoms with van der Waals surface area (Å²) in [4.78, 5) is 15.9. The van der Waals surface area contributed by atoms with Gasteiger partial charge in [-0.3, -0.25) is 5.32 Å². The summed E-state index contributed by atoms with van der Waals surface area (Å²) >= 11 is 0. The molecule has 1 aliphatic carbocycles. The number of aryl methyl sites for hydroxylation is 1. The number of nitrogens with one attached hydrogen (secondary N) is 1. The average molecular weight is 250 g/mol. The summed E-state index contributed by atoms with van der Waals surface area (Å²) in [7, 11) is 0. The normalized spacial score (nSPS) is 18.3. The maximum Gasteiger partial charge on any atom is 0.413 e. The first-order valence-corrected chi connectivity index (χ1v) is 6.03. The third-order valence-electron chi connectivity index (χ3n) is 2.65. The Hall–Kier alpha value is -1.62. The molecule has 1 aromatic rings. The maximum atomic E-state index is 11.6. The van der Waals surface area contributed by atoms with E-state index in [9.17, 15) is 9.90 Å². The lowest BCUT2D eigenvalue weighted by Crippen LogP contribution is -2.27. The third kappa shape index (κ3) is 2.98. The number of aliphatic hydroxyl groups is 1. The topological polar surface area (TPSA) is 71.5 Å². The van der Waals surface area contributed by atoms with Crippen molar-refractivity contribution >= 4 is 11.9 Å². The molecular formula is C13H18N2O3. The van der Waals surface area contributed by atoms with Crippen molar-refractivity contribution in [3.05, 3.63) is 23.4 Å². The van der Waals surface area contributed by atoms with Crippen LogP contribution in [0.15, 0.2) is 12.1 Å². The van der Waals surface area contributed by atoms with Crippen molar-refractivity contribution in [3.63, 3.8) is 0 Å². The van der Waals surface area contributed by atoms with Crippen LogP contribution in [0, 0.1) is 0 Å². The minimum absolute atomic E-state index is 0.428. The second-order valence-corrected chi connectivity index (χ2v) is 5.41. The van der Waals surface area contributed by atoms with Crippen LogP contribution >= 0.6 is 0 Å². The number of nitrogens with zero attached hydrogens (tertiary/aromatic N) is 1. The summed E-state index contributed by atoms with van der Waals surface area (Å²) in [5.74, 6) is 0.456. The number of hydrogen-bond donors (Lipinski definition) is 2. The van der Waals surface area contributed by atoms with E-state index in [2.05, 4.69) is 10.3 Å². The zero-order valence-corrected chi connectivity index (χ0v) is 10.9. The van der Waals surface area contributed by atoms with Crippen LogP contribution in [0.4, 0.5) is 10.6 Å². The predicted molar refractivity (Wildman–Crippen MR) is 67.4 cm³/mol. The van der Waals surface area contributed by atoms with Crippen molar-refractivity contribution in [1.29, 1.82) is 0 Å². The Morgan fingerprint density at radius 2 is 2.22 bits per heavy atom. The molecule has 0 aromatic carbocycles. The van der Waals surface area contributed by atoms with Crippen LogP contribution in [0.5, 0.6) is 0 Å². The lowest BCUT2D eigenvalue weighted by atomic mass is 10.2. The van der Waals surface area contributed by atoms with Crippen molar-refractivity contribution in [3.8, 4) is 0 Å². The van der Waals surface area contributed by atoms with Crippen LogP contribution in [-0.2, 0) is 11.2 Å². The van der Waals surface area contributed by atoms with E-state index in [0.29, 0.717) is 12.2 Å². The zero-order valence-electron chi connectivity index (χ0n) is 10.9. The molecule has 1 atom stereocenters. The van der Waals surface area contributed by atoms with Gasteiger partial charge in [-0.1, -0.05) is 6.07 Å². The summed E-state index contributed by atoms with van der Waals surface area (Å²) in [6, 6.07) is 3.48. The van der Waals surface area contributed by atoms with Crippen LogP contribution < -0.4 is 5.32 Å². The smallest absolute Gasteiger partial charge is 0.413 e. The van der Waals surface area contributed by atoms with Gasteiger partial charge in [0.15, 0.2) is 0 Å². The molecule has 0 radical (unpaired) electrons. The van der Waals surface area contributed by atoms with E-state index < -0.39 is 17.8 Å². The summed E-state index contributed by atoms with van der Waals surface area (Å²) < 4.78 is 5.14. The standard InChI is InChI=1S/C13H18N2O3/c1-13(2,3)18-12(17)15-11-7-4-8-9(14-11)5-6-10(8)16/h4,7,10,16H,5-6H2,1-3H3,(H,14,15,17). The highest BCUT2D eigenvalue weighted by Crippen LogP contribution is 2.30. The Kier molecular flexibility index (Phi) is 3.26. The number of ether oxygens (including phenoxy) is 1. The third-order valence-corrected chi connectivity index (χ3v) is 2.65. The van der Waals surface area contributed by atoms with Gasteiger partial charge < -0.3 is 9.84 Å². The van der Waals surface area contributed by atoms with Gasteiger partial charge in [0, 0.05) is 11.3 Å². The van der Waals surface area contributed by atoms with E-state index in [1.165, 1.54) is 0 Å². The maximum absolute atomic E-state index is 11.6. The van der Waals surface area contributed by atoms with Crippen molar-refractivity contribution in [1.82, 2.24) is 4.98 Å². The highest BCUT2D eigenvalue weighted by molar-refractivity contribution is 5.83. The minimum atomic E-state index is -0.531. The molecule has 0 aliphatic heterocycles. The Bertz CT molecular complexity index is 466. The monoisotopic (exact) mass is 250 g/mol. The molecule has 2 N–H and O–H groups in total. The summed E-state index contributed by atoms with van der Waals surface area (Å²) in [5.41, 5.74) is 1.16. The van der Waals surface area contributed by atoms with Gasteiger partial charge in [-0.05, 0) is 39.7 Å². The molecule has 0 fully saturated rings. The molecule has 5 nitrogen and oxygen atoms in total. The average Bonchev–Trinajstić information content (AvgIpc) is 2.57. The number of amides is 1. The van der Waals surface area contributed by atoms with E-state index >= 15 is 0 Å². The number of anilines is 1. The van der Waals surface area contributed by atoms with Crippen LogP contribution in [0.3, 0.4) is 0 Å². The van der Waals surface area contributed by atoms with Crippen molar-refractivity contribution in [2.75, 3.05) is 5.32 Å². The number of fused-ring (bicyclic) bond motifs is 1. The van der Waals surface area contributed by atoms with Crippen LogP contribution in [0.2, 0.25) is 0 Å². The quantitative estimate of drug-likeness (QED) is 0.802. The molecule has 0 spiro atoms. The molecule has 1 amide bonds. The second-order valence-electron chi connectivity index (χ2n) is 5.41. The highest BCUT2D eigenvalue weighted by Gasteiger charge is 2.22. The van der Waals surface area contributed by atoms with Gasteiger partial charge in [-0.25, -0.2) is 9.78 Å². The van der Waals surface area contributed by atoms with Gasteiger partial charge in [0.1, 0.15) is 11.4 Å². The molecule has 0 bridgehead atoms. The Balaban J connectivity index is 2.05. The Labute approximate surface area is 106 Å². The SMILES string of the molecule is CC(C)(C)OC(=O)Nc1ccc2c(n1)CCC2O. The van der Waals surface area contributed by atoms with Crippen LogP contribution in [0.25, 0.3) is 0 Å². The highest BCUT2D eigenvalue weighted by atomic mass is 16.6. The first-order valence-electron chi connectivity index (χ1n) is 6.03. The molecule has 1 unspecified atom stereocenters. The number of aliphatic hydroxyl groups excluding tert-OH is 1. The van der Waals surface area contributed by atoms with E-state index in [4.69, 9.17) is 4.74 Å². The Morgan fingerprint density at radius 1 is 1.50 bits per heavy atom. The van der Waals surface area contributed by atoms with Gasteiger partial charge in [0.2, 0.25) is 0 Å². The molecule has 0 saturated heterocycles. The first-order chi connectivity index (χ1) is 8.35. The number of carbonyl (C=O) groups is 1.